The third-order valence-electron chi connectivity index (χ3n) is 8.95. The number of para-hydroxylation sites is 1. The Morgan fingerprint density at radius 1 is 1.11 bits per heavy atom. The summed E-state index contributed by atoms with van der Waals surface area (Å²) in [6.07, 6.45) is 1.08. The van der Waals surface area contributed by atoms with Crippen LogP contribution in [0.5, 0.6) is 5.75 Å². The van der Waals surface area contributed by atoms with Crippen molar-refractivity contribution < 1.29 is 32.2 Å². The Balaban J connectivity index is 1.09. The van der Waals surface area contributed by atoms with Gasteiger partial charge in [-0.05, 0) is 49.7 Å². The fraction of sp³-hybridized carbons (Fsp3) is 0.353. The SMILES string of the molecule is COC(=O)c1ccc2nc([C@H](C)N3CCN(c4cccc(F)c4OCc4ccc(Cl)c5cc(F)oc45)CC3)n(C[C@@H]3CCO3)c2c1. The fourth-order valence-electron chi connectivity index (χ4n) is 6.31. The number of fused-ring (bicyclic) bond motifs is 2. The maximum absolute atomic E-state index is 15.2. The number of piperazine rings is 1. The summed E-state index contributed by atoms with van der Waals surface area (Å²) in [5.74, 6) is 0.155. The van der Waals surface area contributed by atoms with Crippen molar-refractivity contribution in [3.05, 3.63) is 88.4 Å². The molecule has 0 bridgehead atoms. The number of esters is 1. The molecule has 9 nitrogen and oxygen atoms in total. The maximum Gasteiger partial charge on any atom is 0.337 e. The molecule has 0 aliphatic carbocycles. The summed E-state index contributed by atoms with van der Waals surface area (Å²) in [7, 11) is 1.37. The van der Waals surface area contributed by atoms with Crippen LogP contribution in [0, 0.1) is 11.8 Å². The summed E-state index contributed by atoms with van der Waals surface area (Å²) in [5, 5.41) is 0.805. The third kappa shape index (κ3) is 5.67. The summed E-state index contributed by atoms with van der Waals surface area (Å²) in [5.41, 5.74) is 3.64. The van der Waals surface area contributed by atoms with E-state index in [-0.39, 0.29) is 30.1 Å². The van der Waals surface area contributed by atoms with Gasteiger partial charge in [-0.25, -0.2) is 14.2 Å². The standard InChI is InChI=1S/C34H33ClF2N4O5/c1-20(33-38-27-9-7-21(34(42)43-2)16-29(27)41(33)18-23-10-15-44-23)39-11-13-40(14-12-39)28-5-3-4-26(36)32(28)45-19-22-6-8-25(35)24-17-30(37)46-31(22)24/h3-9,16-17,20,23H,10-15,18-19H2,1-2H3/t20-,23-/m0/s1. The van der Waals surface area contributed by atoms with E-state index in [4.69, 9.17) is 35.2 Å². The number of methoxy groups -OCH3 is 1. The minimum absolute atomic E-state index is 0.0236. The zero-order valence-electron chi connectivity index (χ0n) is 25.5. The van der Waals surface area contributed by atoms with Crippen LogP contribution in [0.4, 0.5) is 14.5 Å². The van der Waals surface area contributed by atoms with E-state index < -0.39 is 17.8 Å². The Bertz CT molecular complexity index is 1910. The number of ether oxygens (including phenoxy) is 3. The van der Waals surface area contributed by atoms with Crippen molar-refractivity contribution in [3.8, 4) is 5.75 Å². The molecule has 2 aromatic heterocycles. The average molecular weight is 651 g/mol. The Kier molecular flexibility index (Phi) is 8.31. The number of anilines is 1. The zero-order chi connectivity index (χ0) is 31.9. The first-order chi connectivity index (χ1) is 22.3. The van der Waals surface area contributed by atoms with Crippen molar-refractivity contribution in [2.75, 3.05) is 44.8 Å². The van der Waals surface area contributed by atoms with Gasteiger partial charge in [0.05, 0.1) is 53.1 Å². The van der Waals surface area contributed by atoms with Gasteiger partial charge in [0.25, 0.3) is 6.01 Å². The van der Waals surface area contributed by atoms with E-state index in [1.165, 1.54) is 19.2 Å². The lowest BCUT2D eigenvalue weighted by Gasteiger charge is -2.39. The molecule has 2 fully saturated rings. The molecule has 2 atom stereocenters. The molecule has 0 amide bonds. The molecule has 0 spiro atoms. The highest BCUT2D eigenvalue weighted by Crippen LogP contribution is 2.36. The van der Waals surface area contributed by atoms with E-state index >= 15 is 4.39 Å². The molecule has 2 saturated heterocycles. The van der Waals surface area contributed by atoms with E-state index in [9.17, 15) is 9.18 Å². The lowest BCUT2D eigenvalue weighted by molar-refractivity contribution is -0.0594. The predicted octanol–water partition coefficient (Wildman–Crippen LogP) is 6.75. The van der Waals surface area contributed by atoms with E-state index in [0.29, 0.717) is 59.9 Å². The predicted molar refractivity (Wildman–Crippen MR) is 170 cm³/mol. The number of imidazole rings is 1. The molecule has 12 heteroatoms. The monoisotopic (exact) mass is 650 g/mol. The topological polar surface area (TPSA) is 82.2 Å². The van der Waals surface area contributed by atoms with E-state index in [0.717, 1.165) is 29.9 Å². The van der Waals surface area contributed by atoms with Crippen LogP contribution in [0.15, 0.2) is 59.0 Å². The number of benzene rings is 3. The summed E-state index contributed by atoms with van der Waals surface area (Å²) in [6.45, 7) is 6.19. The Labute approximate surface area is 269 Å². The molecule has 0 unspecified atom stereocenters. The molecule has 0 saturated carbocycles. The summed E-state index contributed by atoms with van der Waals surface area (Å²) in [6, 6.07) is 14.1. The second kappa shape index (κ2) is 12.5. The maximum atomic E-state index is 15.2. The van der Waals surface area contributed by atoms with Gasteiger partial charge >= 0.3 is 5.97 Å². The average Bonchev–Trinajstić information content (AvgIpc) is 3.62. The summed E-state index contributed by atoms with van der Waals surface area (Å²) >= 11 is 6.20. The van der Waals surface area contributed by atoms with Crippen LogP contribution in [-0.4, -0.2) is 66.4 Å². The molecule has 2 aliphatic rings. The van der Waals surface area contributed by atoms with Gasteiger partial charge < -0.3 is 28.1 Å². The van der Waals surface area contributed by atoms with E-state index in [1.54, 1.807) is 24.3 Å². The van der Waals surface area contributed by atoms with Gasteiger partial charge in [0.15, 0.2) is 11.6 Å². The largest absolute Gasteiger partial charge is 0.483 e. The molecule has 0 N–H and O–H groups in total. The van der Waals surface area contributed by atoms with E-state index in [2.05, 4.69) is 21.3 Å². The van der Waals surface area contributed by atoms with Gasteiger partial charge in [-0.15, -0.1) is 0 Å². The number of hydrogen-bond donors (Lipinski definition) is 0. The molecule has 240 valence electrons. The summed E-state index contributed by atoms with van der Waals surface area (Å²) < 4.78 is 53.2. The van der Waals surface area contributed by atoms with Crippen LogP contribution in [0.3, 0.4) is 0 Å². The van der Waals surface area contributed by atoms with Gasteiger partial charge in [-0.3, -0.25) is 4.90 Å². The van der Waals surface area contributed by atoms with Crippen molar-refractivity contribution in [2.24, 2.45) is 0 Å². The lowest BCUT2D eigenvalue weighted by Crippen LogP contribution is -2.47. The lowest BCUT2D eigenvalue weighted by atomic mass is 10.1. The normalized spacial score (nSPS) is 17.8. The van der Waals surface area contributed by atoms with Crippen molar-refractivity contribution in [2.45, 2.75) is 38.6 Å². The number of nitrogens with zero attached hydrogens (tertiary/aromatic N) is 4. The van der Waals surface area contributed by atoms with Crippen molar-refractivity contribution in [3.63, 3.8) is 0 Å². The number of hydrogen-bond acceptors (Lipinski definition) is 8. The summed E-state index contributed by atoms with van der Waals surface area (Å²) in [4.78, 5) is 21.7. The molecule has 0 radical (unpaired) electrons. The van der Waals surface area contributed by atoms with Gasteiger partial charge in [0, 0.05) is 49.8 Å². The van der Waals surface area contributed by atoms with Crippen molar-refractivity contribution in [1.29, 1.82) is 0 Å². The number of carbonyl (C=O) groups is 1. The fourth-order valence-corrected chi connectivity index (χ4v) is 6.51. The number of aromatic nitrogens is 2. The first-order valence-electron chi connectivity index (χ1n) is 15.3. The second-order valence-electron chi connectivity index (χ2n) is 11.6. The molecule has 46 heavy (non-hydrogen) atoms. The molecule has 3 aromatic carbocycles. The number of carbonyl (C=O) groups excluding carboxylic acids is 1. The quantitative estimate of drug-likeness (QED) is 0.162. The Morgan fingerprint density at radius 2 is 1.91 bits per heavy atom. The minimum atomic E-state index is -0.749. The van der Waals surface area contributed by atoms with Crippen LogP contribution in [0.1, 0.15) is 41.1 Å². The minimum Gasteiger partial charge on any atom is -0.483 e. The second-order valence-corrected chi connectivity index (χ2v) is 12.0. The Morgan fingerprint density at radius 3 is 2.65 bits per heavy atom. The Hall–Kier alpha value is -4.19. The zero-order valence-corrected chi connectivity index (χ0v) is 26.2. The third-order valence-corrected chi connectivity index (χ3v) is 9.28. The highest BCUT2D eigenvalue weighted by molar-refractivity contribution is 6.35. The van der Waals surface area contributed by atoms with Crippen LogP contribution in [0.25, 0.3) is 22.0 Å². The van der Waals surface area contributed by atoms with Crippen LogP contribution >= 0.6 is 11.6 Å². The highest BCUT2D eigenvalue weighted by atomic mass is 35.5. The molecule has 4 heterocycles. The molecular weight excluding hydrogens is 618 g/mol. The molecule has 5 aromatic rings. The molecule has 7 rings (SSSR count). The smallest absolute Gasteiger partial charge is 0.337 e. The number of halogens is 3. The van der Waals surface area contributed by atoms with Gasteiger partial charge in [-0.2, -0.15) is 4.39 Å². The van der Waals surface area contributed by atoms with Crippen LogP contribution < -0.4 is 9.64 Å². The van der Waals surface area contributed by atoms with Crippen molar-refractivity contribution >= 4 is 45.3 Å². The van der Waals surface area contributed by atoms with Crippen molar-refractivity contribution in [1.82, 2.24) is 14.5 Å². The number of rotatable bonds is 9. The van der Waals surface area contributed by atoms with Gasteiger partial charge in [-0.1, -0.05) is 23.7 Å². The van der Waals surface area contributed by atoms with Crippen LogP contribution in [0.2, 0.25) is 5.02 Å². The van der Waals surface area contributed by atoms with Gasteiger partial charge in [0.2, 0.25) is 0 Å². The molecular formula is C34H33ClF2N4O5. The first-order valence-corrected chi connectivity index (χ1v) is 15.7. The number of furan rings is 1. The molecule has 2 aliphatic heterocycles. The van der Waals surface area contributed by atoms with Gasteiger partial charge in [0.1, 0.15) is 18.0 Å². The van der Waals surface area contributed by atoms with E-state index in [1.807, 2.05) is 18.2 Å². The first kappa shape index (κ1) is 30.5. The highest BCUT2D eigenvalue weighted by Gasteiger charge is 2.30. The van der Waals surface area contributed by atoms with Crippen LogP contribution in [-0.2, 0) is 22.6 Å².